The molecule has 7 heteroatoms. The number of carbonyl (C=O) groups is 2. The molecule has 0 unspecified atom stereocenters. The highest BCUT2D eigenvalue weighted by Crippen LogP contribution is 2.16. The van der Waals surface area contributed by atoms with Gasteiger partial charge in [0.05, 0.1) is 18.2 Å². The quantitative estimate of drug-likeness (QED) is 0.533. The largest absolute Gasteiger partial charge is 0.464 e. The van der Waals surface area contributed by atoms with Crippen molar-refractivity contribution >= 4 is 17.6 Å². The number of furan rings is 1. The lowest BCUT2D eigenvalue weighted by Gasteiger charge is -2.30. The molecular weight excluding hydrogens is 416 g/mol. The van der Waals surface area contributed by atoms with Crippen molar-refractivity contribution in [3.8, 4) is 6.07 Å². The Balaban J connectivity index is 1.76. The summed E-state index contributed by atoms with van der Waals surface area (Å²) >= 11 is 0. The first-order valence-corrected chi connectivity index (χ1v) is 10.8. The van der Waals surface area contributed by atoms with Crippen LogP contribution in [0, 0.1) is 18.3 Å². The summed E-state index contributed by atoms with van der Waals surface area (Å²) in [6, 6.07) is 21.5. The van der Waals surface area contributed by atoms with E-state index in [1.165, 1.54) is 4.90 Å². The van der Waals surface area contributed by atoms with Crippen LogP contribution in [0.4, 0.5) is 10.5 Å². The van der Waals surface area contributed by atoms with Crippen molar-refractivity contribution in [2.24, 2.45) is 0 Å². The third kappa shape index (κ3) is 6.71. The molecule has 0 aliphatic carbocycles. The van der Waals surface area contributed by atoms with E-state index in [1.54, 1.807) is 29.2 Å². The Hall–Kier alpha value is -4.05. The van der Waals surface area contributed by atoms with Crippen LogP contribution in [-0.4, -0.2) is 34.3 Å². The van der Waals surface area contributed by atoms with Crippen molar-refractivity contribution in [3.05, 3.63) is 89.4 Å². The van der Waals surface area contributed by atoms with E-state index in [9.17, 15) is 9.59 Å². The Morgan fingerprint density at radius 2 is 1.79 bits per heavy atom. The second kappa shape index (κ2) is 11.0. The number of rotatable bonds is 8. The maximum atomic E-state index is 13.4. The van der Waals surface area contributed by atoms with Crippen molar-refractivity contribution in [3.63, 3.8) is 0 Å². The predicted octanol–water partition coefficient (Wildman–Crippen LogP) is 4.93. The first kappa shape index (κ1) is 23.6. The molecule has 7 nitrogen and oxygen atoms in total. The van der Waals surface area contributed by atoms with E-state index >= 15 is 0 Å². The highest BCUT2D eigenvalue weighted by molar-refractivity contribution is 5.92. The zero-order valence-electron chi connectivity index (χ0n) is 19.1. The number of hydrogen-bond acceptors (Lipinski definition) is 4. The molecule has 0 aliphatic heterocycles. The fourth-order valence-electron chi connectivity index (χ4n) is 3.39. The molecule has 1 aromatic heterocycles. The molecule has 0 aliphatic rings. The minimum absolute atomic E-state index is 0.0893. The second-order valence-corrected chi connectivity index (χ2v) is 8.09. The summed E-state index contributed by atoms with van der Waals surface area (Å²) in [4.78, 5) is 29.5. The number of amides is 3. The van der Waals surface area contributed by atoms with E-state index in [0.717, 1.165) is 11.3 Å². The summed E-state index contributed by atoms with van der Waals surface area (Å²) in [5.74, 6) is 1.27. The summed E-state index contributed by atoms with van der Waals surface area (Å²) in [6.07, 6.45) is 0. The highest BCUT2D eigenvalue weighted by Gasteiger charge is 2.24. The Labute approximate surface area is 194 Å². The molecular formula is C26H28N4O3. The first-order chi connectivity index (χ1) is 15.9. The number of anilines is 1. The Kier molecular flexibility index (Phi) is 7.87. The Morgan fingerprint density at radius 1 is 1.03 bits per heavy atom. The number of urea groups is 1. The first-order valence-electron chi connectivity index (χ1n) is 10.8. The maximum Gasteiger partial charge on any atom is 0.322 e. The van der Waals surface area contributed by atoms with Crippen molar-refractivity contribution in [2.45, 2.75) is 39.9 Å². The van der Waals surface area contributed by atoms with Crippen LogP contribution in [0.5, 0.6) is 0 Å². The van der Waals surface area contributed by atoms with Gasteiger partial charge in [0.15, 0.2) is 0 Å². The number of hydrogen-bond donors (Lipinski definition) is 1. The smallest absolute Gasteiger partial charge is 0.322 e. The number of aryl methyl sites for hydroxylation is 1. The lowest BCUT2D eigenvalue weighted by Crippen LogP contribution is -2.47. The van der Waals surface area contributed by atoms with Crippen LogP contribution in [0.3, 0.4) is 0 Å². The summed E-state index contributed by atoms with van der Waals surface area (Å²) in [6.45, 7) is 6.19. The zero-order chi connectivity index (χ0) is 23.8. The summed E-state index contributed by atoms with van der Waals surface area (Å²) in [7, 11) is 0. The molecule has 33 heavy (non-hydrogen) atoms. The summed E-state index contributed by atoms with van der Waals surface area (Å²) in [5, 5.41) is 11.9. The van der Waals surface area contributed by atoms with Gasteiger partial charge in [0.25, 0.3) is 0 Å². The molecule has 0 saturated carbocycles. The average Bonchev–Trinajstić information content (AvgIpc) is 3.21. The van der Waals surface area contributed by atoms with Gasteiger partial charge in [0, 0.05) is 18.3 Å². The standard InChI is InChI=1S/C26H28N4O3/c1-19(2)30(26(32)28-23-11-7-10-22(14-23)15-27)18-25(31)29(16-21-8-5-4-6-9-21)17-24-13-12-20(3)33-24/h4-14,19H,16-18H2,1-3H3,(H,28,32). The number of nitrogens with zero attached hydrogens (tertiary/aromatic N) is 3. The molecule has 3 aromatic rings. The van der Waals surface area contributed by atoms with Crippen LogP contribution in [0.2, 0.25) is 0 Å². The molecule has 1 N–H and O–H groups in total. The van der Waals surface area contributed by atoms with E-state index in [2.05, 4.69) is 11.4 Å². The van der Waals surface area contributed by atoms with E-state index in [1.807, 2.05) is 63.2 Å². The molecule has 3 rings (SSSR count). The summed E-state index contributed by atoms with van der Waals surface area (Å²) < 4.78 is 5.69. The SMILES string of the molecule is Cc1ccc(CN(Cc2ccccc2)C(=O)CN(C(=O)Nc2cccc(C#N)c2)C(C)C)o1. The molecule has 0 spiro atoms. The number of nitrogens with one attached hydrogen (secondary N) is 1. The van der Waals surface area contributed by atoms with Crippen molar-refractivity contribution in [1.82, 2.24) is 9.80 Å². The van der Waals surface area contributed by atoms with Gasteiger partial charge in [-0.15, -0.1) is 0 Å². The van der Waals surface area contributed by atoms with E-state index < -0.39 is 6.03 Å². The van der Waals surface area contributed by atoms with E-state index in [4.69, 9.17) is 9.68 Å². The third-order valence-electron chi connectivity index (χ3n) is 5.14. The second-order valence-electron chi connectivity index (χ2n) is 8.09. The van der Waals surface area contributed by atoms with Gasteiger partial charge in [0.2, 0.25) is 5.91 Å². The van der Waals surface area contributed by atoms with Gasteiger partial charge < -0.3 is 19.5 Å². The third-order valence-corrected chi connectivity index (χ3v) is 5.14. The van der Waals surface area contributed by atoms with Gasteiger partial charge >= 0.3 is 6.03 Å². The van der Waals surface area contributed by atoms with Gasteiger partial charge in [-0.25, -0.2) is 4.79 Å². The molecule has 1 heterocycles. The molecule has 170 valence electrons. The Morgan fingerprint density at radius 3 is 2.42 bits per heavy atom. The Bertz CT molecular complexity index is 1130. The normalized spacial score (nSPS) is 10.5. The minimum atomic E-state index is -0.401. The van der Waals surface area contributed by atoms with Gasteiger partial charge in [-0.1, -0.05) is 36.4 Å². The van der Waals surface area contributed by atoms with Crippen molar-refractivity contribution in [2.75, 3.05) is 11.9 Å². The van der Waals surface area contributed by atoms with Crippen LogP contribution in [0.25, 0.3) is 0 Å². The fraction of sp³-hybridized carbons (Fsp3) is 0.269. The number of nitriles is 1. The van der Waals surface area contributed by atoms with Crippen LogP contribution in [0.15, 0.2) is 71.1 Å². The maximum absolute atomic E-state index is 13.4. The fourth-order valence-corrected chi connectivity index (χ4v) is 3.39. The minimum Gasteiger partial charge on any atom is -0.464 e. The topological polar surface area (TPSA) is 89.6 Å². The average molecular weight is 445 g/mol. The molecule has 0 radical (unpaired) electrons. The van der Waals surface area contributed by atoms with Crippen LogP contribution in [0.1, 0.15) is 36.5 Å². The number of carbonyl (C=O) groups excluding carboxylic acids is 2. The van der Waals surface area contributed by atoms with Crippen LogP contribution < -0.4 is 5.32 Å². The van der Waals surface area contributed by atoms with E-state index in [-0.39, 0.29) is 18.5 Å². The lowest BCUT2D eigenvalue weighted by molar-refractivity contribution is -0.133. The van der Waals surface area contributed by atoms with Gasteiger partial charge in [-0.3, -0.25) is 4.79 Å². The van der Waals surface area contributed by atoms with Crippen molar-refractivity contribution < 1.29 is 14.0 Å². The van der Waals surface area contributed by atoms with Gasteiger partial charge in [0.1, 0.15) is 18.1 Å². The number of benzene rings is 2. The molecule has 0 saturated heterocycles. The molecule has 2 aromatic carbocycles. The molecule has 0 bridgehead atoms. The molecule has 3 amide bonds. The highest BCUT2D eigenvalue weighted by atomic mass is 16.3. The molecule has 0 fully saturated rings. The predicted molar refractivity (Wildman–Crippen MR) is 126 cm³/mol. The summed E-state index contributed by atoms with van der Waals surface area (Å²) in [5.41, 5.74) is 1.94. The van der Waals surface area contributed by atoms with Crippen LogP contribution in [-0.2, 0) is 17.9 Å². The van der Waals surface area contributed by atoms with Crippen molar-refractivity contribution in [1.29, 1.82) is 5.26 Å². The van der Waals surface area contributed by atoms with Gasteiger partial charge in [-0.05, 0) is 56.7 Å². The van der Waals surface area contributed by atoms with E-state index in [0.29, 0.717) is 30.1 Å². The zero-order valence-corrected chi connectivity index (χ0v) is 19.1. The van der Waals surface area contributed by atoms with Crippen LogP contribution >= 0.6 is 0 Å². The van der Waals surface area contributed by atoms with Gasteiger partial charge in [-0.2, -0.15) is 5.26 Å². The lowest BCUT2D eigenvalue weighted by atomic mass is 10.2. The molecule has 0 atom stereocenters. The monoisotopic (exact) mass is 444 g/mol.